The molecule has 0 aliphatic rings. The van der Waals surface area contributed by atoms with Gasteiger partial charge < -0.3 is 0 Å². The number of nitrogens with one attached hydrogen (secondary N) is 1. The second kappa shape index (κ2) is 7.98. The smallest absolute Gasteiger partial charge is 0.258 e. The van der Waals surface area contributed by atoms with Gasteiger partial charge in [-0.2, -0.15) is 13.5 Å². The van der Waals surface area contributed by atoms with E-state index >= 15 is 0 Å². The summed E-state index contributed by atoms with van der Waals surface area (Å²) < 4.78 is 24.0. The van der Waals surface area contributed by atoms with Crippen LogP contribution in [0.25, 0.3) is 6.08 Å². The van der Waals surface area contributed by atoms with E-state index in [4.69, 9.17) is 0 Å². The molecule has 134 valence electrons. The summed E-state index contributed by atoms with van der Waals surface area (Å²) in [5.41, 5.74) is 0.00521. The van der Waals surface area contributed by atoms with Crippen LogP contribution in [-0.2, 0) is 10.0 Å². The average Bonchev–Trinajstić information content (AvgIpc) is 2.61. The molecule has 10 nitrogen and oxygen atoms in total. The Hall–Kier alpha value is -3.60. The first-order valence-corrected chi connectivity index (χ1v) is 8.49. The Morgan fingerprint density at radius 3 is 2.23 bits per heavy atom. The Bertz CT molecular complexity index is 983. The minimum absolute atomic E-state index is 0.0939. The maximum atomic E-state index is 12.0. The summed E-state index contributed by atoms with van der Waals surface area (Å²) in [6.45, 7) is 0. The zero-order valence-electron chi connectivity index (χ0n) is 13.1. The van der Waals surface area contributed by atoms with E-state index in [2.05, 4.69) is 5.10 Å². The Kier molecular flexibility index (Phi) is 5.75. The van der Waals surface area contributed by atoms with Gasteiger partial charge in [0.2, 0.25) is 0 Å². The monoisotopic (exact) mass is 376 g/mol. The van der Waals surface area contributed by atoms with E-state index in [1.54, 1.807) is 6.07 Å². The normalized spacial score (nSPS) is 11.7. The molecule has 0 saturated carbocycles. The van der Waals surface area contributed by atoms with Crippen molar-refractivity contribution in [2.75, 3.05) is 0 Å². The number of nitro benzene ring substituents is 2. The molecule has 2 aromatic rings. The van der Waals surface area contributed by atoms with Gasteiger partial charge in [-0.05, 0) is 30.4 Å². The molecule has 1 N–H and O–H groups in total. The summed E-state index contributed by atoms with van der Waals surface area (Å²) in [5.74, 6) is 0. The quantitative estimate of drug-likeness (QED) is 0.446. The van der Waals surface area contributed by atoms with Gasteiger partial charge in [0.05, 0.1) is 20.3 Å². The van der Waals surface area contributed by atoms with Gasteiger partial charge in [-0.15, -0.1) is 0 Å². The molecule has 0 radical (unpaired) electrons. The van der Waals surface area contributed by atoms with Gasteiger partial charge >= 0.3 is 0 Å². The lowest BCUT2D eigenvalue weighted by atomic mass is 10.2. The molecule has 0 aliphatic heterocycles. The second-order valence-electron chi connectivity index (χ2n) is 4.80. The van der Waals surface area contributed by atoms with Crippen LogP contribution in [0.1, 0.15) is 5.56 Å². The third kappa shape index (κ3) is 4.70. The first-order chi connectivity index (χ1) is 12.3. The number of hydrogen-bond acceptors (Lipinski definition) is 7. The molecule has 0 fully saturated rings. The summed E-state index contributed by atoms with van der Waals surface area (Å²) >= 11 is 0. The number of nitro groups is 2. The molecule has 0 amide bonds. The van der Waals surface area contributed by atoms with Gasteiger partial charge in [0.25, 0.3) is 21.4 Å². The van der Waals surface area contributed by atoms with Crippen molar-refractivity contribution in [3.8, 4) is 0 Å². The number of sulfonamides is 1. The molecule has 0 heterocycles. The number of allylic oxidation sites excluding steroid dienone is 1. The lowest BCUT2D eigenvalue weighted by Gasteiger charge is -2.02. The second-order valence-corrected chi connectivity index (χ2v) is 6.46. The lowest BCUT2D eigenvalue weighted by molar-refractivity contribution is -0.385. The van der Waals surface area contributed by atoms with Crippen LogP contribution < -0.4 is 4.83 Å². The van der Waals surface area contributed by atoms with Crippen molar-refractivity contribution in [2.24, 2.45) is 5.10 Å². The predicted octanol–water partition coefficient (Wildman–Crippen LogP) is 2.48. The Labute approximate surface area is 147 Å². The van der Waals surface area contributed by atoms with Gasteiger partial charge in [0.15, 0.2) is 0 Å². The number of non-ortho nitro benzene ring substituents is 1. The molecule has 2 rings (SSSR count). The summed E-state index contributed by atoms with van der Waals surface area (Å²) in [6.07, 6.45) is 3.85. The highest BCUT2D eigenvalue weighted by Gasteiger charge is 2.14. The highest BCUT2D eigenvalue weighted by Crippen LogP contribution is 2.18. The van der Waals surface area contributed by atoms with Crippen LogP contribution in [0.4, 0.5) is 11.4 Å². The molecule has 0 saturated heterocycles. The first-order valence-electron chi connectivity index (χ1n) is 7.00. The van der Waals surface area contributed by atoms with E-state index in [1.807, 2.05) is 4.83 Å². The third-order valence-electron chi connectivity index (χ3n) is 3.10. The largest absolute Gasteiger partial charge is 0.276 e. The highest BCUT2D eigenvalue weighted by atomic mass is 32.2. The predicted molar refractivity (Wildman–Crippen MR) is 94.0 cm³/mol. The zero-order chi connectivity index (χ0) is 19.2. The van der Waals surface area contributed by atoms with Crippen molar-refractivity contribution in [3.05, 3.63) is 80.4 Å². The van der Waals surface area contributed by atoms with Crippen LogP contribution in [0.15, 0.2) is 64.6 Å². The molecular formula is C15H12N4O6S. The summed E-state index contributed by atoms with van der Waals surface area (Å²) in [4.78, 5) is 22.0. The molecule has 0 spiro atoms. The molecule has 11 heteroatoms. The minimum atomic E-state index is -3.98. The van der Waals surface area contributed by atoms with Gasteiger partial charge in [0.1, 0.15) is 0 Å². The van der Waals surface area contributed by atoms with Crippen LogP contribution in [0, 0.1) is 20.2 Å². The fourth-order valence-electron chi connectivity index (χ4n) is 1.88. The molecule has 2 aromatic carbocycles. The summed E-state index contributed by atoms with van der Waals surface area (Å²) in [6, 6.07) is 10.3. The molecule has 0 aromatic heterocycles. The van der Waals surface area contributed by atoms with E-state index in [0.717, 1.165) is 30.5 Å². The topological polar surface area (TPSA) is 145 Å². The maximum Gasteiger partial charge on any atom is 0.276 e. The molecule has 0 atom stereocenters. The van der Waals surface area contributed by atoms with Gasteiger partial charge in [-0.25, -0.2) is 4.83 Å². The molecule has 0 unspecified atom stereocenters. The number of hydrogen-bond donors (Lipinski definition) is 1. The summed E-state index contributed by atoms with van der Waals surface area (Å²) in [5, 5.41) is 24.9. The Morgan fingerprint density at radius 2 is 1.62 bits per heavy atom. The van der Waals surface area contributed by atoms with Crippen molar-refractivity contribution in [1.82, 2.24) is 4.83 Å². The summed E-state index contributed by atoms with van der Waals surface area (Å²) in [7, 11) is -3.98. The molecule has 0 bridgehead atoms. The van der Waals surface area contributed by atoms with Gasteiger partial charge in [-0.3, -0.25) is 20.2 Å². The molecule has 26 heavy (non-hydrogen) atoms. The zero-order valence-corrected chi connectivity index (χ0v) is 13.9. The van der Waals surface area contributed by atoms with E-state index in [9.17, 15) is 28.6 Å². The van der Waals surface area contributed by atoms with Crippen LogP contribution in [0.3, 0.4) is 0 Å². The van der Waals surface area contributed by atoms with E-state index in [1.165, 1.54) is 30.4 Å². The number of para-hydroxylation sites is 1. The number of rotatable bonds is 7. The Morgan fingerprint density at radius 1 is 0.962 bits per heavy atom. The van der Waals surface area contributed by atoms with E-state index in [0.29, 0.717) is 5.56 Å². The third-order valence-corrected chi connectivity index (χ3v) is 4.34. The van der Waals surface area contributed by atoms with E-state index < -0.39 is 19.9 Å². The number of benzene rings is 2. The van der Waals surface area contributed by atoms with Crippen LogP contribution in [0.5, 0.6) is 0 Å². The SMILES string of the molecule is O=[N+]([O-])c1ccc(S(=O)(=O)NN=CC=Cc2ccccc2[N+](=O)[O-])cc1. The van der Waals surface area contributed by atoms with Crippen LogP contribution in [0.2, 0.25) is 0 Å². The molecule has 0 aliphatic carbocycles. The number of nitrogens with zero attached hydrogens (tertiary/aromatic N) is 3. The van der Waals surface area contributed by atoms with Crippen molar-refractivity contribution >= 4 is 33.7 Å². The van der Waals surface area contributed by atoms with Crippen molar-refractivity contribution in [3.63, 3.8) is 0 Å². The van der Waals surface area contributed by atoms with Crippen molar-refractivity contribution < 1.29 is 18.3 Å². The lowest BCUT2D eigenvalue weighted by Crippen LogP contribution is -2.18. The molecular weight excluding hydrogens is 364 g/mol. The van der Waals surface area contributed by atoms with Gasteiger partial charge in [-0.1, -0.05) is 12.1 Å². The Balaban J connectivity index is 2.05. The van der Waals surface area contributed by atoms with Crippen LogP contribution >= 0.6 is 0 Å². The van der Waals surface area contributed by atoms with Crippen molar-refractivity contribution in [1.29, 1.82) is 0 Å². The standard InChI is InChI=1S/C15H12N4O6S/c20-18(21)13-7-9-14(10-8-13)26(24,25)17-16-11-3-5-12-4-1-2-6-15(12)19(22)23/h1-11,17H. The fraction of sp³-hybridized carbons (Fsp3) is 0. The van der Waals surface area contributed by atoms with Gasteiger partial charge in [0, 0.05) is 24.4 Å². The first kappa shape index (κ1) is 18.7. The van der Waals surface area contributed by atoms with E-state index in [-0.39, 0.29) is 16.3 Å². The number of hydrazone groups is 1. The van der Waals surface area contributed by atoms with Crippen molar-refractivity contribution in [2.45, 2.75) is 4.90 Å². The van der Waals surface area contributed by atoms with Crippen LogP contribution in [-0.4, -0.2) is 24.5 Å². The minimum Gasteiger partial charge on any atom is -0.258 e. The average molecular weight is 376 g/mol. The highest BCUT2D eigenvalue weighted by molar-refractivity contribution is 7.89. The fourth-order valence-corrected chi connectivity index (χ4v) is 2.68. The maximum absolute atomic E-state index is 12.0.